The van der Waals surface area contributed by atoms with E-state index in [4.69, 9.17) is 14.2 Å². The lowest BCUT2D eigenvalue weighted by Gasteiger charge is -2.18. The van der Waals surface area contributed by atoms with Crippen molar-refractivity contribution in [1.29, 1.82) is 0 Å². The normalized spacial score (nSPS) is 21.9. The van der Waals surface area contributed by atoms with Gasteiger partial charge in [-0.15, -0.1) is 0 Å². The van der Waals surface area contributed by atoms with E-state index in [1.165, 1.54) is 12.3 Å². The number of aryl methyl sites for hydroxylation is 1. The number of rotatable bonds is 9. The summed E-state index contributed by atoms with van der Waals surface area (Å²) in [5.41, 5.74) is 0.0250. The van der Waals surface area contributed by atoms with Crippen LogP contribution in [0.5, 0.6) is 0 Å². The van der Waals surface area contributed by atoms with E-state index in [9.17, 15) is 19.5 Å². The number of benzene rings is 1. The summed E-state index contributed by atoms with van der Waals surface area (Å²) in [6.07, 6.45) is -5.09. The Morgan fingerprint density at radius 2 is 2.00 bits per heavy atom. The first-order valence-corrected chi connectivity index (χ1v) is 10.9. The Labute approximate surface area is 195 Å². The highest BCUT2D eigenvalue weighted by molar-refractivity contribution is 5.83. The minimum Gasteiger partial charge on any atom is -0.456 e. The van der Waals surface area contributed by atoms with E-state index in [2.05, 4.69) is 10.3 Å². The van der Waals surface area contributed by atoms with Crippen molar-refractivity contribution in [3.8, 4) is 0 Å². The first-order valence-electron chi connectivity index (χ1n) is 10.9. The Kier molecular flexibility index (Phi) is 8.72. The standard InChI is InChI=1S/C23H28FN3O7/c1-14(2)13-32-23(31)26-17-10-11-27(22(30)25-17)21-19(24)20(16(12-28)33-21)34-18(29)9-8-15-6-4-3-5-7-15/h3-7,10-11,14,16,19-21,28H,8-9,12-13H2,1-2H3,(H,25,26,30,31)/t16-,19?,20-,21-/m1/s1. The molecule has 2 aromatic rings. The maximum absolute atomic E-state index is 15.2. The number of aliphatic hydroxyl groups is 1. The smallest absolute Gasteiger partial charge is 0.412 e. The lowest BCUT2D eigenvalue weighted by atomic mass is 10.1. The molecule has 1 amide bonds. The van der Waals surface area contributed by atoms with Crippen molar-refractivity contribution >= 4 is 17.9 Å². The van der Waals surface area contributed by atoms with E-state index in [1.54, 1.807) is 0 Å². The average Bonchev–Trinajstić information content (AvgIpc) is 3.12. The zero-order valence-corrected chi connectivity index (χ0v) is 18.9. The molecular weight excluding hydrogens is 449 g/mol. The van der Waals surface area contributed by atoms with Gasteiger partial charge in [0.15, 0.2) is 18.5 Å². The number of anilines is 1. The fraction of sp³-hybridized carbons (Fsp3) is 0.478. The molecule has 1 aliphatic rings. The number of hydrogen-bond donors (Lipinski definition) is 2. The molecule has 4 atom stereocenters. The number of aromatic nitrogens is 2. The molecule has 1 unspecified atom stereocenters. The predicted octanol–water partition coefficient (Wildman–Crippen LogP) is 2.22. The zero-order chi connectivity index (χ0) is 24.7. The van der Waals surface area contributed by atoms with Crippen molar-refractivity contribution in [2.75, 3.05) is 18.5 Å². The number of ether oxygens (including phenoxy) is 3. The summed E-state index contributed by atoms with van der Waals surface area (Å²) in [6, 6.07) is 10.5. The van der Waals surface area contributed by atoms with Crippen molar-refractivity contribution in [3.63, 3.8) is 0 Å². The van der Waals surface area contributed by atoms with Crippen LogP contribution in [0.3, 0.4) is 0 Å². The fourth-order valence-corrected chi connectivity index (χ4v) is 3.37. The SMILES string of the molecule is CC(C)COC(=O)Nc1ccn([C@@H]2O[C@H](CO)[C@@H](OC(=O)CCc3ccccc3)C2F)c(=O)n1. The van der Waals surface area contributed by atoms with Crippen LogP contribution in [0.25, 0.3) is 0 Å². The molecule has 34 heavy (non-hydrogen) atoms. The van der Waals surface area contributed by atoms with Crippen LogP contribution in [0.4, 0.5) is 15.0 Å². The summed E-state index contributed by atoms with van der Waals surface area (Å²) >= 11 is 0. The third kappa shape index (κ3) is 6.61. The summed E-state index contributed by atoms with van der Waals surface area (Å²) in [6.45, 7) is 3.32. The molecule has 11 heteroatoms. The highest BCUT2D eigenvalue weighted by atomic mass is 19.1. The lowest BCUT2D eigenvalue weighted by molar-refractivity contribution is -0.154. The van der Waals surface area contributed by atoms with Crippen molar-refractivity contribution in [1.82, 2.24) is 9.55 Å². The van der Waals surface area contributed by atoms with Gasteiger partial charge in [-0.1, -0.05) is 44.2 Å². The van der Waals surface area contributed by atoms with E-state index in [-0.39, 0.29) is 24.8 Å². The second-order valence-corrected chi connectivity index (χ2v) is 8.25. The van der Waals surface area contributed by atoms with E-state index in [0.717, 1.165) is 10.1 Å². The van der Waals surface area contributed by atoms with Gasteiger partial charge in [-0.2, -0.15) is 4.98 Å². The van der Waals surface area contributed by atoms with Crippen molar-refractivity contribution in [2.45, 2.75) is 51.3 Å². The van der Waals surface area contributed by atoms with Crippen LogP contribution < -0.4 is 11.0 Å². The molecule has 10 nitrogen and oxygen atoms in total. The number of alkyl halides is 1. The molecule has 1 saturated heterocycles. The Bertz CT molecular complexity index is 1030. The highest BCUT2D eigenvalue weighted by Crippen LogP contribution is 2.33. The van der Waals surface area contributed by atoms with Gasteiger partial charge in [-0.05, 0) is 24.0 Å². The first kappa shape index (κ1) is 25.3. The molecule has 0 radical (unpaired) electrons. The molecule has 3 rings (SSSR count). The fourth-order valence-electron chi connectivity index (χ4n) is 3.37. The van der Waals surface area contributed by atoms with Crippen LogP contribution in [0.15, 0.2) is 47.4 Å². The molecule has 0 aliphatic carbocycles. The van der Waals surface area contributed by atoms with Crippen LogP contribution in [-0.2, 0) is 25.4 Å². The van der Waals surface area contributed by atoms with Crippen LogP contribution in [-0.4, -0.2) is 58.3 Å². The summed E-state index contributed by atoms with van der Waals surface area (Å²) in [5, 5.41) is 11.9. The summed E-state index contributed by atoms with van der Waals surface area (Å²) in [4.78, 5) is 40.2. The van der Waals surface area contributed by atoms with Gasteiger partial charge in [-0.3, -0.25) is 14.7 Å². The monoisotopic (exact) mass is 477 g/mol. The summed E-state index contributed by atoms with van der Waals surface area (Å²) in [5.74, 6) is -0.595. The van der Waals surface area contributed by atoms with E-state index < -0.39 is 49.0 Å². The number of halogens is 1. The number of amides is 1. The molecule has 1 aromatic carbocycles. The van der Waals surface area contributed by atoms with Crippen LogP contribution >= 0.6 is 0 Å². The average molecular weight is 477 g/mol. The van der Waals surface area contributed by atoms with Gasteiger partial charge < -0.3 is 19.3 Å². The van der Waals surface area contributed by atoms with Crippen LogP contribution in [0, 0.1) is 5.92 Å². The summed E-state index contributed by atoms with van der Waals surface area (Å²) in [7, 11) is 0. The van der Waals surface area contributed by atoms with E-state index >= 15 is 4.39 Å². The lowest BCUT2D eigenvalue weighted by Crippen LogP contribution is -2.37. The van der Waals surface area contributed by atoms with E-state index in [1.807, 2.05) is 44.2 Å². The molecule has 184 valence electrons. The van der Waals surface area contributed by atoms with Crippen LogP contribution in [0.2, 0.25) is 0 Å². The van der Waals surface area contributed by atoms with Crippen molar-refractivity contribution < 1.29 is 33.3 Å². The molecule has 2 N–H and O–H groups in total. The number of nitrogens with zero attached hydrogens (tertiary/aromatic N) is 2. The molecule has 1 aliphatic heterocycles. The van der Waals surface area contributed by atoms with Crippen LogP contribution in [0.1, 0.15) is 32.1 Å². The van der Waals surface area contributed by atoms with Gasteiger partial charge in [0.2, 0.25) is 0 Å². The quantitative estimate of drug-likeness (QED) is 0.526. The Hall–Kier alpha value is -3.31. The largest absolute Gasteiger partial charge is 0.456 e. The molecule has 1 fully saturated rings. The highest BCUT2D eigenvalue weighted by Gasteiger charge is 2.48. The van der Waals surface area contributed by atoms with Gasteiger partial charge in [0.05, 0.1) is 13.2 Å². The minimum atomic E-state index is -1.92. The van der Waals surface area contributed by atoms with Gasteiger partial charge >= 0.3 is 17.8 Å². The summed E-state index contributed by atoms with van der Waals surface area (Å²) < 4.78 is 31.7. The number of carbonyl (C=O) groups is 2. The molecule has 2 heterocycles. The molecular formula is C23H28FN3O7. The number of nitrogens with one attached hydrogen (secondary N) is 1. The second-order valence-electron chi connectivity index (χ2n) is 8.25. The minimum absolute atomic E-state index is 0.0187. The molecule has 1 aromatic heterocycles. The van der Waals surface area contributed by atoms with Gasteiger partial charge in [-0.25, -0.2) is 14.0 Å². The number of aliphatic hydroxyl groups excluding tert-OH is 1. The van der Waals surface area contributed by atoms with Gasteiger partial charge in [0.1, 0.15) is 11.9 Å². The third-order valence-electron chi connectivity index (χ3n) is 5.06. The number of hydrogen-bond acceptors (Lipinski definition) is 8. The maximum atomic E-state index is 15.2. The third-order valence-corrected chi connectivity index (χ3v) is 5.06. The number of carbonyl (C=O) groups excluding carboxylic acids is 2. The maximum Gasteiger partial charge on any atom is 0.412 e. The Morgan fingerprint density at radius 3 is 2.65 bits per heavy atom. The molecule has 0 bridgehead atoms. The zero-order valence-electron chi connectivity index (χ0n) is 18.9. The van der Waals surface area contributed by atoms with Gasteiger partial charge in [0.25, 0.3) is 0 Å². The van der Waals surface area contributed by atoms with Gasteiger partial charge in [0, 0.05) is 12.6 Å². The van der Waals surface area contributed by atoms with E-state index in [0.29, 0.717) is 6.42 Å². The molecule has 0 spiro atoms. The Morgan fingerprint density at radius 1 is 1.26 bits per heavy atom. The topological polar surface area (TPSA) is 129 Å². The Balaban J connectivity index is 1.63. The predicted molar refractivity (Wildman–Crippen MR) is 119 cm³/mol. The second kappa shape index (κ2) is 11.7. The van der Waals surface area contributed by atoms with Crippen molar-refractivity contribution in [3.05, 3.63) is 58.6 Å². The number of esters is 1. The van der Waals surface area contributed by atoms with Crippen molar-refractivity contribution in [2.24, 2.45) is 5.92 Å². The first-order chi connectivity index (χ1) is 16.3. The molecule has 0 saturated carbocycles.